The minimum atomic E-state index is -0.0931. The molecule has 4 heterocycles. The summed E-state index contributed by atoms with van der Waals surface area (Å²) in [6.45, 7) is 6.37. The van der Waals surface area contributed by atoms with Gasteiger partial charge >= 0.3 is 0 Å². The van der Waals surface area contributed by atoms with Gasteiger partial charge in [0.25, 0.3) is 5.56 Å². The second-order valence-electron chi connectivity index (χ2n) is 9.86. The van der Waals surface area contributed by atoms with Gasteiger partial charge < -0.3 is 20.1 Å². The minimum Gasteiger partial charge on any atom is -0.383 e. The van der Waals surface area contributed by atoms with Gasteiger partial charge in [-0.15, -0.1) is 0 Å². The van der Waals surface area contributed by atoms with Crippen LogP contribution in [0, 0.1) is 5.41 Å². The molecular weight excluding hydrogens is 404 g/mol. The van der Waals surface area contributed by atoms with E-state index in [0.717, 1.165) is 70.6 Å². The average Bonchev–Trinajstić information content (AvgIpc) is 3.18. The van der Waals surface area contributed by atoms with Crippen LogP contribution in [0.2, 0.25) is 0 Å². The first-order valence-corrected chi connectivity index (χ1v) is 11.9. The molecule has 2 aromatic rings. The number of aromatic nitrogens is 2. The fraction of sp³-hybridized carbons (Fsp3) is 0.600. The van der Waals surface area contributed by atoms with Crippen LogP contribution in [-0.2, 0) is 16.5 Å². The molecule has 1 aromatic heterocycles. The van der Waals surface area contributed by atoms with E-state index in [1.54, 1.807) is 11.6 Å². The zero-order valence-electron chi connectivity index (χ0n) is 19.2. The quantitative estimate of drug-likeness (QED) is 0.792. The molecule has 5 rings (SSSR count). The number of nitrogens with two attached hydrogens (primary N) is 1. The Hall–Kier alpha value is -2.38. The molecule has 3 aliphatic rings. The molecule has 0 unspecified atom stereocenters. The Morgan fingerprint density at radius 1 is 1.12 bits per heavy atom. The van der Waals surface area contributed by atoms with Crippen LogP contribution in [0.5, 0.6) is 0 Å². The van der Waals surface area contributed by atoms with E-state index in [1.165, 1.54) is 5.56 Å². The van der Waals surface area contributed by atoms with Crippen molar-refractivity contribution < 1.29 is 9.47 Å². The summed E-state index contributed by atoms with van der Waals surface area (Å²) < 4.78 is 13.0. The first kappa shape index (κ1) is 21.5. The highest BCUT2D eigenvalue weighted by Gasteiger charge is 2.41. The highest BCUT2D eigenvalue weighted by molar-refractivity contribution is 5.74. The molecule has 3 fully saturated rings. The maximum absolute atomic E-state index is 13.3. The predicted octanol–water partition coefficient (Wildman–Crippen LogP) is 3.32. The number of ether oxygens (including phenoxy) is 2. The van der Waals surface area contributed by atoms with Crippen LogP contribution in [0.3, 0.4) is 0 Å². The molecule has 3 saturated heterocycles. The third-order valence-electron chi connectivity index (χ3n) is 7.69. The lowest BCUT2D eigenvalue weighted by Gasteiger charge is -2.39. The molecule has 0 amide bonds. The summed E-state index contributed by atoms with van der Waals surface area (Å²) in [5.74, 6) is 1.49. The summed E-state index contributed by atoms with van der Waals surface area (Å²) in [5, 5.41) is 0. The van der Waals surface area contributed by atoms with Gasteiger partial charge in [0.15, 0.2) is 0 Å². The number of nitrogens with zero attached hydrogens (tertiary/aromatic N) is 3. The van der Waals surface area contributed by atoms with Crippen LogP contribution < -0.4 is 16.2 Å². The monoisotopic (exact) mass is 438 g/mol. The maximum Gasteiger partial charge on any atom is 0.264 e. The molecule has 2 N–H and O–H groups in total. The lowest BCUT2D eigenvalue weighted by atomic mass is 9.77. The highest BCUT2D eigenvalue weighted by Crippen LogP contribution is 2.42. The summed E-state index contributed by atoms with van der Waals surface area (Å²) in [4.78, 5) is 20.2. The Labute approximate surface area is 189 Å². The molecule has 0 aliphatic carbocycles. The van der Waals surface area contributed by atoms with Gasteiger partial charge in [-0.3, -0.25) is 9.36 Å². The number of hydrogen-bond acceptors (Lipinski definition) is 6. The second kappa shape index (κ2) is 8.52. The smallest absolute Gasteiger partial charge is 0.264 e. The molecule has 0 bridgehead atoms. The van der Waals surface area contributed by atoms with Gasteiger partial charge in [0.05, 0.1) is 18.3 Å². The van der Waals surface area contributed by atoms with E-state index in [0.29, 0.717) is 29.4 Å². The van der Waals surface area contributed by atoms with Crippen molar-refractivity contribution in [2.75, 3.05) is 43.5 Å². The van der Waals surface area contributed by atoms with Crippen molar-refractivity contribution in [2.24, 2.45) is 12.5 Å². The van der Waals surface area contributed by atoms with Gasteiger partial charge in [0.1, 0.15) is 5.82 Å². The zero-order chi connectivity index (χ0) is 22.3. The van der Waals surface area contributed by atoms with Gasteiger partial charge in [-0.25, -0.2) is 0 Å². The number of nitrogen functional groups attached to an aromatic ring is 1. The number of hydrogen-bond donors (Lipinski definition) is 1. The van der Waals surface area contributed by atoms with Crippen molar-refractivity contribution >= 4 is 11.8 Å². The molecular formula is C25H34N4O3. The van der Waals surface area contributed by atoms with Gasteiger partial charge in [0, 0.05) is 33.4 Å². The molecule has 7 nitrogen and oxygen atoms in total. The molecule has 172 valence electrons. The van der Waals surface area contributed by atoms with E-state index in [1.807, 2.05) is 12.1 Å². The molecule has 1 aromatic carbocycles. The third kappa shape index (κ3) is 3.92. The fourth-order valence-corrected chi connectivity index (χ4v) is 5.69. The minimum absolute atomic E-state index is 0.0931. The largest absolute Gasteiger partial charge is 0.383 e. The van der Waals surface area contributed by atoms with Gasteiger partial charge in [-0.1, -0.05) is 24.3 Å². The van der Waals surface area contributed by atoms with Gasteiger partial charge in [-0.2, -0.15) is 4.98 Å². The predicted molar refractivity (Wildman–Crippen MR) is 126 cm³/mol. The van der Waals surface area contributed by atoms with Crippen molar-refractivity contribution in [3.63, 3.8) is 0 Å². The van der Waals surface area contributed by atoms with Crippen LogP contribution in [0.25, 0.3) is 11.1 Å². The summed E-state index contributed by atoms with van der Waals surface area (Å²) in [5.41, 5.74) is 9.16. The summed E-state index contributed by atoms with van der Waals surface area (Å²) in [7, 11) is 1.80. The van der Waals surface area contributed by atoms with Crippen LogP contribution >= 0.6 is 0 Å². The van der Waals surface area contributed by atoms with Crippen LogP contribution in [-0.4, -0.2) is 48.6 Å². The van der Waals surface area contributed by atoms with E-state index in [-0.39, 0.29) is 11.0 Å². The average molecular weight is 439 g/mol. The summed E-state index contributed by atoms with van der Waals surface area (Å²) in [6, 6.07) is 8.25. The Kier molecular flexibility index (Phi) is 5.72. The fourth-order valence-electron chi connectivity index (χ4n) is 5.69. The third-order valence-corrected chi connectivity index (χ3v) is 7.69. The Morgan fingerprint density at radius 3 is 2.44 bits per heavy atom. The summed E-state index contributed by atoms with van der Waals surface area (Å²) in [6.07, 6.45) is 5.67. The molecule has 1 spiro atoms. The van der Waals surface area contributed by atoms with Gasteiger partial charge in [0.2, 0.25) is 5.95 Å². The van der Waals surface area contributed by atoms with Crippen molar-refractivity contribution in [1.29, 1.82) is 0 Å². The van der Waals surface area contributed by atoms with E-state index in [2.05, 4.69) is 24.0 Å². The van der Waals surface area contributed by atoms with Crippen LogP contribution in [0.1, 0.15) is 50.5 Å². The van der Waals surface area contributed by atoms with Crippen molar-refractivity contribution in [1.82, 2.24) is 9.55 Å². The number of anilines is 2. The SMILES string of the molecule is C[C@H]1CC2(CCN(c3nc(N)c(-c4ccc(C5CCOCC5)cc4)c(=O)n3C)CC2)CO1. The lowest BCUT2D eigenvalue weighted by Crippen LogP contribution is -2.43. The Balaban J connectivity index is 1.37. The first-order valence-electron chi connectivity index (χ1n) is 11.9. The maximum atomic E-state index is 13.3. The summed E-state index contributed by atoms with van der Waals surface area (Å²) >= 11 is 0. The number of piperidine rings is 1. The van der Waals surface area contributed by atoms with E-state index < -0.39 is 0 Å². The molecule has 3 aliphatic heterocycles. The highest BCUT2D eigenvalue weighted by atomic mass is 16.5. The first-order chi connectivity index (χ1) is 15.5. The number of rotatable bonds is 3. The van der Waals surface area contributed by atoms with Gasteiger partial charge in [-0.05, 0) is 61.5 Å². The molecule has 0 saturated carbocycles. The Morgan fingerprint density at radius 2 is 1.81 bits per heavy atom. The van der Waals surface area contributed by atoms with E-state index in [4.69, 9.17) is 20.2 Å². The molecule has 0 radical (unpaired) electrons. The van der Waals surface area contributed by atoms with E-state index >= 15 is 0 Å². The Bertz CT molecular complexity index is 1020. The molecule has 7 heteroatoms. The van der Waals surface area contributed by atoms with Crippen LogP contribution in [0.15, 0.2) is 29.1 Å². The lowest BCUT2D eigenvalue weighted by molar-refractivity contribution is 0.0853. The van der Waals surface area contributed by atoms with Crippen LogP contribution in [0.4, 0.5) is 11.8 Å². The van der Waals surface area contributed by atoms with E-state index in [9.17, 15) is 4.79 Å². The standard InChI is InChI=1S/C25H34N4O3/c1-17-15-25(16-32-17)9-11-29(12-10-25)24-27-22(26)21(23(30)28(24)2)20-5-3-18(4-6-20)19-7-13-31-14-8-19/h3-6,17,19H,7-16,26H2,1-2H3/t17-/m0/s1. The second-order valence-corrected chi connectivity index (χ2v) is 9.86. The normalized spacial score (nSPS) is 23.7. The molecule has 32 heavy (non-hydrogen) atoms. The number of benzene rings is 1. The zero-order valence-corrected chi connectivity index (χ0v) is 19.2. The van der Waals surface area contributed by atoms with Crippen molar-refractivity contribution in [3.05, 3.63) is 40.2 Å². The topological polar surface area (TPSA) is 82.6 Å². The van der Waals surface area contributed by atoms with Crippen molar-refractivity contribution in [2.45, 2.75) is 51.0 Å². The molecule has 1 atom stereocenters. The van der Waals surface area contributed by atoms with Crippen molar-refractivity contribution in [3.8, 4) is 11.1 Å².